The van der Waals surface area contributed by atoms with Gasteiger partial charge >= 0.3 is 12.1 Å². The van der Waals surface area contributed by atoms with Crippen LogP contribution in [0.3, 0.4) is 0 Å². The Morgan fingerprint density at radius 3 is 2.27 bits per heavy atom. The van der Waals surface area contributed by atoms with E-state index in [2.05, 4.69) is 0 Å². The van der Waals surface area contributed by atoms with Gasteiger partial charge in [-0.15, -0.1) is 0 Å². The number of benzene rings is 1. The standard InChI is InChI=1S/C15H16F3NO3/c1-9-7-19(8-12(9)14(21)22)13(20)6-10-2-4-11(5-3-10)15(16,17)18/h2-5,9,12H,6-8H2,1H3,(H,21,22)/t9-,12-/m1/s1. The molecule has 0 aromatic heterocycles. The predicted octanol–water partition coefficient (Wildman–Crippen LogP) is 2.43. The van der Waals surface area contributed by atoms with Gasteiger partial charge in [-0.25, -0.2) is 0 Å². The van der Waals surface area contributed by atoms with Crippen LogP contribution < -0.4 is 0 Å². The Labute approximate surface area is 125 Å². The number of rotatable bonds is 3. The van der Waals surface area contributed by atoms with Gasteiger partial charge < -0.3 is 10.0 Å². The van der Waals surface area contributed by atoms with Crippen LogP contribution in [0.15, 0.2) is 24.3 Å². The van der Waals surface area contributed by atoms with Crippen LogP contribution >= 0.6 is 0 Å². The summed E-state index contributed by atoms with van der Waals surface area (Å²) in [5.41, 5.74) is -0.283. The van der Waals surface area contributed by atoms with Crippen molar-refractivity contribution in [1.82, 2.24) is 4.90 Å². The number of aliphatic carboxylic acids is 1. The van der Waals surface area contributed by atoms with Crippen LogP contribution in [0.4, 0.5) is 13.2 Å². The van der Waals surface area contributed by atoms with E-state index in [1.807, 2.05) is 0 Å². The lowest BCUT2D eigenvalue weighted by Crippen LogP contribution is -2.31. The van der Waals surface area contributed by atoms with E-state index < -0.39 is 23.6 Å². The molecule has 0 saturated carbocycles. The summed E-state index contributed by atoms with van der Waals surface area (Å²) in [6, 6.07) is 4.42. The molecule has 1 aromatic carbocycles. The van der Waals surface area contributed by atoms with E-state index in [9.17, 15) is 22.8 Å². The summed E-state index contributed by atoms with van der Waals surface area (Å²) in [7, 11) is 0. The smallest absolute Gasteiger partial charge is 0.416 e. The highest BCUT2D eigenvalue weighted by atomic mass is 19.4. The van der Waals surface area contributed by atoms with Crippen molar-refractivity contribution >= 4 is 11.9 Å². The molecule has 7 heteroatoms. The molecule has 0 unspecified atom stereocenters. The SMILES string of the molecule is C[C@@H]1CN(C(=O)Cc2ccc(C(F)(F)F)cc2)C[C@H]1C(=O)O. The Morgan fingerprint density at radius 2 is 1.82 bits per heavy atom. The molecule has 0 bridgehead atoms. The summed E-state index contributed by atoms with van der Waals surface area (Å²) in [6.45, 7) is 2.27. The molecule has 2 rings (SSSR count). The normalized spacial score (nSPS) is 21.9. The maximum Gasteiger partial charge on any atom is 0.416 e. The quantitative estimate of drug-likeness (QED) is 0.932. The molecule has 1 amide bonds. The average molecular weight is 315 g/mol. The Kier molecular flexibility index (Phi) is 4.44. The van der Waals surface area contributed by atoms with Gasteiger partial charge in [-0.2, -0.15) is 13.2 Å². The third-order valence-electron chi connectivity index (χ3n) is 3.92. The zero-order chi connectivity index (χ0) is 16.5. The second-order valence-electron chi connectivity index (χ2n) is 5.59. The topological polar surface area (TPSA) is 57.6 Å². The van der Waals surface area contributed by atoms with E-state index in [0.717, 1.165) is 12.1 Å². The molecule has 22 heavy (non-hydrogen) atoms. The van der Waals surface area contributed by atoms with E-state index >= 15 is 0 Å². The van der Waals surface area contributed by atoms with Gasteiger partial charge in [0.1, 0.15) is 0 Å². The van der Waals surface area contributed by atoms with Crippen molar-refractivity contribution in [1.29, 1.82) is 0 Å². The molecule has 1 heterocycles. The Hall–Kier alpha value is -2.05. The summed E-state index contributed by atoms with van der Waals surface area (Å²) >= 11 is 0. The second kappa shape index (κ2) is 5.98. The fraction of sp³-hybridized carbons (Fsp3) is 0.467. The lowest BCUT2D eigenvalue weighted by molar-refractivity contribution is -0.142. The fourth-order valence-corrected chi connectivity index (χ4v) is 2.59. The largest absolute Gasteiger partial charge is 0.481 e. The summed E-state index contributed by atoms with van der Waals surface area (Å²) in [5, 5.41) is 9.04. The van der Waals surface area contributed by atoms with Gasteiger partial charge in [0.05, 0.1) is 17.9 Å². The molecule has 120 valence electrons. The first kappa shape index (κ1) is 16.3. The number of amides is 1. The van der Waals surface area contributed by atoms with Gasteiger partial charge in [-0.05, 0) is 23.6 Å². The zero-order valence-corrected chi connectivity index (χ0v) is 11.9. The van der Waals surface area contributed by atoms with E-state index in [1.54, 1.807) is 6.92 Å². The molecule has 1 fully saturated rings. The van der Waals surface area contributed by atoms with Crippen molar-refractivity contribution in [2.24, 2.45) is 11.8 Å². The van der Waals surface area contributed by atoms with Gasteiger partial charge in [0.2, 0.25) is 5.91 Å². The predicted molar refractivity (Wildman–Crippen MR) is 72.0 cm³/mol. The van der Waals surface area contributed by atoms with Gasteiger partial charge in [-0.3, -0.25) is 9.59 Å². The molecule has 0 radical (unpaired) electrons. The van der Waals surface area contributed by atoms with Gasteiger partial charge in [-0.1, -0.05) is 19.1 Å². The van der Waals surface area contributed by atoms with Crippen molar-refractivity contribution in [2.45, 2.75) is 19.5 Å². The third-order valence-corrected chi connectivity index (χ3v) is 3.92. The van der Waals surface area contributed by atoms with E-state index in [4.69, 9.17) is 5.11 Å². The number of hydrogen-bond donors (Lipinski definition) is 1. The summed E-state index contributed by atoms with van der Waals surface area (Å²) in [5.74, 6) is -1.92. The highest BCUT2D eigenvalue weighted by molar-refractivity contribution is 5.80. The fourth-order valence-electron chi connectivity index (χ4n) is 2.59. The lowest BCUT2D eigenvalue weighted by Gasteiger charge is -2.16. The molecular formula is C15H16F3NO3. The first-order valence-corrected chi connectivity index (χ1v) is 6.85. The number of halogens is 3. The number of alkyl halides is 3. The molecule has 1 aromatic rings. The van der Waals surface area contributed by atoms with Crippen molar-refractivity contribution in [3.63, 3.8) is 0 Å². The number of hydrogen-bond acceptors (Lipinski definition) is 2. The molecule has 1 N–H and O–H groups in total. The summed E-state index contributed by atoms with van der Waals surface area (Å²) < 4.78 is 37.4. The number of carbonyl (C=O) groups is 2. The Balaban J connectivity index is 2.00. The second-order valence-corrected chi connectivity index (χ2v) is 5.59. The van der Waals surface area contributed by atoms with Crippen LogP contribution in [0.25, 0.3) is 0 Å². The third kappa shape index (κ3) is 3.58. The number of carboxylic acids is 1. The first-order chi connectivity index (χ1) is 10.2. The van der Waals surface area contributed by atoms with Gasteiger partial charge in [0.15, 0.2) is 0 Å². The number of likely N-dealkylation sites (tertiary alicyclic amines) is 1. The van der Waals surface area contributed by atoms with Crippen molar-refractivity contribution in [2.75, 3.05) is 13.1 Å². The maximum atomic E-state index is 12.5. The molecule has 2 atom stereocenters. The first-order valence-electron chi connectivity index (χ1n) is 6.85. The average Bonchev–Trinajstić information content (AvgIpc) is 2.80. The Bertz CT molecular complexity index is 568. The van der Waals surface area contributed by atoms with Gasteiger partial charge in [0.25, 0.3) is 0 Å². The van der Waals surface area contributed by atoms with Crippen molar-refractivity contribution in [3.05, 3.63) is 35.4 Å². The van der Waals surface area contributed by atoms with Crippen LogP contribution in [0.5, 0.6) is 0 Å². The molecular weight excluding hydrogens is 299 g/mol. The summed E-state index contributed by atoms with van der Waals surface area (Å²) in [4.78, 5) is 24.6. The number of carbonyl (C=O) groups excluding carboxylic acids is 1. The minimum absolute atomic E-state index is 0.0306. The number of carboxylic acid groups (broad SMARTS) is 1. The van der Waals surface area contributed by atoms with Crippen molar-refractivity contribution < 1.29 is 27.9 Å². The monoisotopic (exact) mass is 315 g/mol. The highest BCUT2D eigenvalue weighted by Crippen LogP contribution is 2.29. The van der Waals surface area contributed by atoms with Crippen LogP contribution in [-0.2, 0) is 22.2 Å². The van der Waals surface area contributed by atoms with Crippen LogP contribution in [0.2, 0.25) is 0 Å². The molecule has 0 aliphatic carbocycles. The molecule has 0 spiro atoms. The van der Waals surface area contributed by atoms with Crippen LogP contribution in [-0.4, -0.2) is 35.0 Å². The minimum atomic E-state index is -4.40. The van der Waals surface area contributed by atoms with Crippen LogP contribution in [0.1, 0.15) is 18.1 Å². The molecule has 1 saturated heterocycles. The van der Waals surface area contributed by atoms with E-state index in [-0.39, 0.29) is 24.8 Å². The maximum absolute atomic E-state index is 12.5. The van der Waals surface area contributed by atoms with E-state index in [0.29, 0.717) is 12.1 Å². The van der Waals surface area contributed by atoms with Gasteiger partial charge in [0, 0.05) is 13.1 Å². The van der Waals surface area contributed by atoms with Crippen molar-refractivity contribution in [3.8, 4) is 0 Å². The lowest BCUT2D eigenvalue weighted by atomic mass is 9.99. The zero-order valence-electron chi connectivity index (χ0n) is 11.9. The molecule has 4 nitrogen and oxygen atoms in total. The molecule has 1 aliphatic rings. The summed E-state index contributed by atoms with van der Waals surface area (Å²) in [6.07, 6.45) is -4.43. The molecule has 1 aliphatic heterocycles. The Morgan fingerprint density at radius 1 is 1.23 bits per heavy atom. The van der Waals surface area contributed by atoms with Crippen LogP contribution in [0, 0.1) is 11.8 Å². The minimum Gasteiger partial charge on any atom is -0.481 e. The highest BCUT2D eigenvalue weighted by Gasteiger charge is 2.36. The van der Waals surface area contributed by atoms with E-state index in [1.165, 1.54) is 17.0 Å². The number of nitrogens with zero attached hydrogens (tertiary/aromatic N) is 1.